The lowest BCUT2D eigenvalue weighted by molar-refractivity contribution is 0.596. The molecule has 8 heteroatoms. The Morgan fingerprint density at radius 2 is 2.21 bits per heavy atom. The van der Waals surface area contributed by atoms with E-state index in [2.05, 4.69) is 26.0 Å². The summed E-state index contributed by atoms with van der Waals surface area (Å²) in [6.45, 7) is 0. The molecule has 0 radical (unpaired) electrons. The van der Waals surface area contributed by atoms with Crippen molar-refractivity contribution >= 4 is 33.4 Å². The number of anilines is 1. The second-order valence-electron chi connectivity index (χ2n) is 3.80. The summed E-state index contributed by atoms with van der Waals surface area (Å²) >= 11 is 4.75. The van der Waals surface area contributed by atoms with Crippen LogP contribution in [0.25, 0.3) is 0 Å². The van der Waals surface area contributed by atoms with Crippen molar-refractivity contribution in [2.45, 2.75) is 10.9 Å². The van der Waals surface area contributed by atoms with Crippen molar-refractivity contribution in [3.05, 3.63) is 48.9 Å². The number of halogens is 1. The second-order valence-corrected chi connectivity index (χ2v) is 5.59. The lowest BCUT2D eigenvalue weighted by Crippen LogP contribution is -2.33. The van der Waals surface area contributed by atoms with Gasteiger partial charge < -0.3 is 5.73 Å². The van der Waals surface area contributed by atoms with Gasteiger partial charge >= 0.3 is 11.1 Å². The van der Waals surface area contributed by atoms with Crippen LogP contribution in [0.5, 0.6) is 0 Å². The molecule has 0 fully saturated rings. The number of nitrogen functional groups attached to an aromatic ring is 1. The van der Waals surface area contributed by atoms with Crippen LogP contribution in [-0.2, 0) is 12.8 Å². The molecule has 0 aliphatic rings. The Morgan fingerprint density at radius 3 is 2.89 bits per heavy atom. The number of aryl methyl sites for hydroxylation is 1. The third-order valence-corrected chi connectivity index (χ3v) is 4.25. The summed E-state index contributed by atoms with van der Waals surface area (Å²) in [6.07, 6.45) is 0. The molecule has 1 heterocycles. The predicted octanol–water partition coefficient (Wildman–Crippen LogP) is 1.11. The Morgan fingerprint density at radius 1 is 1.47 bits per heavy atom. The molecule has 0 spiro atoms. The maximum Gasteiger partial charge on any atom is 0.339 e. The van der Waals surface area contributed by atoms with E-state index in [1.165, 1.54) is 16.4 Å². The fourth-order valence-electron chi connectivity index (χ4n) is 1.45. The largest absolute Gasteiger partial charge is 0.398 e. The lowest BCUT2D eigenvalue weighted by atomic mass is 10.2. The number of rotatable bonds is 3. The lowest BCUT2D eigenvalue weighted by Gasteiger charge is -2.09. The Bertz CT molecular complexity index is 705. The van der Waals surface area contributed by atoms with Crippen molar-refractivity contribution < 1.29 is 0 Å². The summed E-state index contributed by atoms with van der Waals surface area (Å²) < 4.78 is 2.32. The van der Waals surface area contributed by atoms with Gasteiger partial charge in [-0.25, -0.2) is 0 Å². The number of aromatic amines is 1. The van der Waals surface area contributed by atoms with Crippen LogP contribution in [0, 0.1) is 0 Å². The van der Waals surface area contributed by atoms with Crippen LogP contribution >= 0.6 is 27.7 Å². The van der Waals surface area contributed by atoms with Crippen molar-refractivity contribution in [3.63, 3.8) is 0 Å². The van der Waals surface area contributed by atoms with E-state index < -0.39 is 11.1 Å². The van der Waals surface area contributed by atoms with Gasteiger partial charge in [0.05, 0.1) is 0 Å². The monoisotopic (exact) mass is 342 g/mol. The number of nitrogens with zero attached hydrogens (tertiary/aromatic N) is 2. The Kier molecular flexibility index (Phi) is 4.11. The number of nitrogens with one attached hydrogen (secondary N) is 1. The van der Waals surface area contributed by atoms with Crippen LogP contribution in [0.4, 0.5) is 5.69 Å². The second kappa shape index (κ2) is 5.62. The zero-order valence-electron chi connectivity index (χ0n) is 10.0. The first-order chi connectivity index (χ1) is 8.99. The normalized spacial score (nSPS) is 10.6. The minimum atomic E-state index is -0.791. The van der Waals surface area contributed by atoms with E-state index in [9.17, 15) is 9.59 Å². The van der Waals surface area contributed by atoms with E-state index in [1.54, 1.807) is 13.1 Å². The van der Waals surface area contributed by atoms with Gasteiger partial charge in [0.2, 0.25) is 0 Å². The molecule has 0 bridgehead atoms. The maximum atomic E-state index is 11.2. The molecule has 2 aromatic rings. The predicted molar refractivity (Wildman–Crippen MR) is 78.2 cm³/mol. The highest BCUT2D eigenvalue weighted by Gasteiger charge is 2.08. The van der Waals surface area contributed by atoms with Gasteiger partial charge in [-0.3, -0.25) is 19.4 Å². The van der Waals surface area contributed by atoms with Crippen LogP contribution < -0.4 is 16.9 Å². The van der Waals surface area contributed by atoms with E-state index in [4.69, 9.17) is 5.73 Å². The molecule has 0 aliphatic carbocycles. The molecule has 0 amide bonds. The molecule has 0 aliphatic heterocycles. The van der Waals surface area contributed by atoms with Crippen molar-refractivity contribution in [1.29, 1.82) is 0 Å². The number of hydrogen-bond donors (Lipinski definition) is 2. The Labute approximate surface area is 121 Å². The number of aromatic nitrogens is 3. The summed E-state index contributed by atoms with van der Waals surface area (Å²) in [5.74, 6) is 0.541. The molecule has 2 rings (SSSR count). The molecule has 0 saturated carbocycles. The van der Waals surface area contributed by atoms with Crippen LogP contribution in [0.15, 0.2) is 37.4 Å². The number of hydrogen-bond acceptors (Lipinski definition) is 5. The van der Waals surface area contributed by atoms with Gasteiger partial charge in [0, 0.05) is 23.0 Å². The standard InChI is InChI=1S/C11H11BrN4O2S/c1-16-11(14-9(17)10(18)15-16)19-5-6-7(12)3-2-4-8(6)13/h2-4H,5,13H2,1H3,(H,15,18). The van der Waals surface area contributed by atoms with Crippen molar-refractivity contribution in [3.8, 4) is 0 Å². The molecular weight excluding hydrogens is 332 g/mol. The average molecular weight is 343 g/mol. The summed E-state index contributed by atoms with van der Waals surface area (Å²) in [6, 6.07) is 5.55. The summed E-state index contributed by atoms with van der Waals surface area (Å²) in [4.78, 5) is 26.0. The topological polar surface area (TPSA) is 93.8 Å². The molecule has 0 saturated heterocycles. The molecule has 0 unspecified atom stereocenters. The highest BCUT2D eigenvalue weighted by atomic mass is 79.9. The molecule has 100 valence electrons. The van der Waals surface area contributed by atoms with Gasteiger partial charge in [0.1, 0.15) is 0 Å². The fraction of sp³-hybridized carbons (Fsp3) is 0.182. The van der Waals surface area contributed by atoms with E-state index in [-0.39, 0.29) is 0 Å². The fourth-order valence-corrected chi connectivity index (χ4v) is 3.14. The highest BCUT2D eigenvalue weighted by molar-refractivity contribution is 9.10. The molecule has 3 N–H and O–H groups in total. The zero-order valence-corrected chi connectivity index (χ0v) is 12.4. The third-order valence-electron chi connectivity index (χ3n) is 2.45. The summed E-state index contributed by atoms with van der Waals surface area (Å²) in [7, 11) is 1.62. The SMILES string of the molecule is Cn1[nH]c(=O)c(=O)nc1SCc1c(N)cccc1Br. The van der Waals surface area contributed by atoms with E-state index in [0.29, 0.717) is 16.6 Å². The minimum absolute atomic E-state index is 0.430. The van der Waals surface area contributed by atoms with Crippen LogP contribution in [0.1, 0.15) is 5.56 Å². The van der Waals surface area contributed by atoms with Gasteiger partial charge in [-0.15, -0.1) is 0 Å². The van der Waals surface area contributed by atoms with Crippen molar-refractivity contribution in [2.24, 2.45) is 7.05 Å². The Hall–Kier alpha value is -1.54. The van der Waals surface area contributed by atoms with Crippen molar-refractivity contribution in [1.82, 2.24) is 14.8 Å². The van der Waals surface area contributed by atoms with Gasteiger partial charge in [-0.05, 0) is 17.7 Å². The van der Waals surface area contributed by atoms with E-state index in [0.717, 1.165) is 10.0 Å². The maximum absolute atomic E-state index is 11.2. The first-order valence-electron chi connectivity index (χ1n) is 5.32. The van der Waals surface area contributed by atoms with Gasteiger partial charge in [-0.2, -0.15) is 4.98 Å². The molecule has 0 atom stereocenters. The third kappa shape index (κ3) is 3.07. The van der Waals surface area contributed by atoms with Gasteiger partial charge in [0.15, 0.2) is 5.16 Å². The summed E-state index contributed by atoms with van der Waals surface area (Å²) in [5, 5.41) is 2.83. The van der Waals surface area contributed by atoms with Crippen LogP contribution in [0.3, 0.4) is 0 Å². The number of nitrogens with two attached hydrogens (primary N) is 1. The van der Waals surface area contributed by atoms with Crippen LogP contribution in [-0.4, -0.2) is 14.8 Å². The zero-order chi connectivity index (χ0) is 14.0. The number of thioether (sulfide) groups is 1. The molecule has 1 aromatic carbocycles. The van der Waals surface area contributed by atoms with Gasteiger partial charge in [-0.1, -0.05) is 33.8 Å². The summed E-state index contributed by atoms with van der Waals surface area (Å²) in [5.41, 5.74) is 5.95. The highest BCUT2D eigenvalue weighted by Crippen LogP contribution is 2.28. The first kappa shape index (κ1) is 13.9. The Balaban J connectivity index is 2.26. The van der Waals surface area contributed by atoms with Crippen molar-refractivity contribution in [2.75, 3.05) is 5.73 Å². The molecule has 19 heavy (non-hydrogen) atoms. The molecular formula is C11H11BrN4O2S. The smallest absolute Gasteiger partial charge is 0.339 e. The number of benzene rings is 1. The first-order valence-corrected chi connectivity index (χ1v) is 7.10. The van der Waals surface area contributed by atoms with Gasteiger partial charge in [0.25, 0.3) is 0 Å². The minimum Gasteiger partial charge on any atom is -0.398 e. The average Bonchev–Trinajstić information content (AvgIpc) is 2.34. The number of H-pyrrole nitrogens is 1. The quantitative estimate of drug-likeness (QED) is 0.495. The molecule has 6 nitrogen and oxygen atoms in total. The van der Waals surface area contributed by atoms with E-state index in [1.807, 2.05) is 12.1 Å². The molecule has 1 aromatic heterocycles. The van der Waals surface area contributed by atoms with Crippen LogP contribution in [0.2, 0.25) is 0 Å². The van der Waals surface area contributed by atoms with E-state index >= 15 is 0 Å².